The molecule has 3 aromatic heterocycles. The van der Waals surface area contributed by atoms with Gasteiger partial charge in [-0.2, -0.15) is 0 Å². The fourth-order valence-electron chi connectivity index (χ4n) is 8.73. The van der Waals surface area contributed by atoms with E-state index >= 15 is 0 Å². The predicted molar refractivity (Wildman–Crippen MR) is 239 cm³/mol. The molecule has 0 amide bonds. The number of fused-ring (bicyclic) bond motifs is 9. The fraction of sp³-hybridized carbons (Fsp3) is 0. The summed E-state index contributed by atoms with van der Waals surface area (Å²) in [7, 11) is 0. The van der Waals surface area contributed by atoms with Gasteiger partial charge in [-0.3, -0.25) is 0 Å². The van der Waals surface area contributed by atoms with Gasteiger partial charge in [0.2, 0.25) is 0 Å². The number of hydrogen-bond donors (Lipinski definition) is 0. The summed E-state index contributed by atoms with van der Waals surface area (Å²) < 4.78 is 19.9. The Hall–Kier alpha value is -7.82. The highest BCUT2D eigenvalue weighted by atomic mass is 16.3. The quantitative estimate of drug-likeness (QED) is 0.170. The number of benzene rings is 9. The third-order valence-corrected chi connectivity index (χ3v) is 11.5. The second-order valence-electron chi connectivity index (χ2n) is 14.8. The van der Waals surface area contributed by atoms with E-state index in [0.717, 1.165) is 116 Å². The van der Waals surface area contributed by atoms with Gasteiger partial charge in [0.1, 0.15) is 27.9 Å². The van der Waals surface area contributed by atoms with E-state index in [4.69, 9.17) is 13.3 Å². The zero-order chi connectivity index (χ0) is 38.2. The standard InChI is InChI=1S/C54H33NO3/c1-3-12-35(13-4-1)40-17-10-20-46-47-32-37(26-31-50(47)57-52(40)46)34-24-27-38(28-25-34)55(39-29-30-43-42-16-7-8-23-49(42)56-51(43)33-39)48-22-11-21-45-44-19-9-18-41(53(44)58-54(45)48)36-14-5-2-6-15-36/h1-33H. The van der Waals surface area contributed by atoms with Gasteiger partial charge in [-0.25, -0.2) is 0 Å². The normalized spacial score (nSPS) is 11.8. The molecule has 0 saturated heterocycles. The molecule has 4 nitrogen and oxygen atoms in total. The van der Waals surface area contributed by atoms with Crippen molar-refractivity contribution in [2.45, 2.75) is 0 Å². The van der Waals surface area contributed by atoms with Crippen LogP contribution in [0.4, 0.5) is 17.1 Å². The molecule has 9 aromatic carbocycles. The van der Waals surface area contributed by atoms with Crippen LogP contribution in [0.15, 0.2) is 213 Å². The Labute approximate surface area is 333 Å². The first kappa shape index (κ1) is 32.4. The Kier molecular flexibility index (Phi) is 7.20. The molecule has 0 atom stereocenters. The molecule has 12 aromatic rings. The average Bonchev–Trinajstić information content (AvgIpc) is 3.99. The number of anilines is 3. The molecule has 12 rings (SSSR count). The van der Waals surface area contributed by atoms with Crippen LogP contribution in [-0.4, -0.2) is 0 Å². The molecular weight excluding hydrogens is 711 g/mol. The molecule has 4 heteroatoms. The smallest absolute Gasteiger partial charge is 0.159 e. The maximum atomic E-state index is 6.95. The maximum absolute atomic E-state index is 6.95. The Balaban J connectivity index is 1.01. The molecule has 0 saturated carbocycles. The van der Waals surface area contributed by atoms with Crippen LogP contribution in [0.25, 0.3) is 99.2 Å². The molecule has 272 valence electrons. The van der Waals surface area contributed by atoms with Crippen molar-refractivity contribution in [2.24, 2.45) is 0 Å². The van der Waals surface area contributed by atoms with Gasteiger partial charge in [-0.1, -0.05) is 146 Å². The van der Waals surface area contributed by atoms with Crippen molar-refractivity contribution in [1.82, 2.24) is 0 Å². The highest BCUT2D eigenvalue weighted by molar-refractivity contribution is 6.14. The topological polar surface area (TPSA) is 42.7 Å². The zero-order valence-corrected chi connectivity index (χ0v) is 31.2. The molecule has 0 aliphatic rings. The first-order chi connectivity index (χ1) is 28.7. The van der Waals surface area contributed by atoms with Gasteiger partial charge in [0.15, 0.2) is 5.58 Å². The minimum absolute atomic E-state index is 0.821. The van der Waals surface area contributed by atoms with Crippen molar-refractivity contribution in [3.63, 3.8) is 0 Å². The van der Waals surface area contributed by atoms with Crippen LogP contribution in [-0.2, 0) is 0 Å². The third-order valence-electron chi connectivity index (χ3n) is 11.5. The van der Waals surface area contributed by atoms with E-state index in [2.05, 4.69) is 181 Å². The van der Waals surface area contributed by atoms with Crippen LogP contribution in [0.2, 0.25) is 0 Å². The average molecular weight is 744 g/mol. The molecule has 0 unspecified atom stereocenters. The lowest BCUT2D eigenvalue weighted by Crippen LogP contribution is -2.10. The summed E-state index contributed by atoms with van der Waals surface area (Å²) in [5, 5.41) is 6.54. The van der Waals surface area contributed by atoms with Gasteiger partial charge >= 0.3 is 0 Å². The summed E-state index contributed by atoms with van der Waals surface area (Å²) >= 11 is 0. The van der Waals surface area contributed by atoms with Crippen molar-refractivity contribution in [1.29, 1.82) is 0 Å². The monoisotopic (exact) mass is 743 g/mol. The van der Waals surface area contributed by atoms with Crippen LogP contribution in [0.5, 0.6) is 0 Å². The van der Waals surface area contributed by atoms with Crippen molar-refractivity contribution < 1.29 is 13.3 Å². The number of rotatable bonds is 6. The van der Waals surface area contributed by atoms with Crippen molar-refractivity contribution in [2.75, 3.05) is 4.90 Å². The van der Waals surface area contributed by atoms with E-state index < -0.39 is 0 Å². The summed E-state index contributed by atoms with van der Waals surface area (Å²) in [6.45, 7) is 0. The Morgan fingerprint density at radius 3 is 1.57 bits per heavy atom. The fourth-order valence-corrected chi connectivity index (χ4v) is 8.73. The molecule has 0 N–H and O–H groups in total. The van der Waals surface area contributed by atoms with Crippen molar-refractivity contribution in [3.05, 3.63) is 200 Å². The molecule has 0 spiro atoms. The summed E-state index contributed by atoms with van der Waals surface area (Å²) in [5.41, 5.74) is 14.7. The summed E-state index contributed by atoms with van der Waals surface area (Å²) in [4.78, 5) is 2.28. The van der Waals surface area contributed by atoms with Gasteiger partial charge in [-0.15, -0.1) is 0 Å². The molecule has 0 radical (unpaired) electrons. The van der Waals surface area contributed by atoms with Crippen LogP contribution in [0.1, 0.15) is 0 Å². The van der Waals surface area contributed by atoms with E-state index in [1.54, 1.807) is 0 Å². The molecule has 0 fully saturated rings. The van der Waals surface area contributed by atoms with Gasteiger partial charge < -0.3 is 18.2 Å². The summed E-state index contributed by atoms with van der Waals surface area (Å²) in [5.74, 6) is 0. The molecule has 0 aliphatic carbocycles. The second-order valence-corrected chi connectivity index (χ2v) is 14.8. The SMILES string of the molecule is c1ccc(-c2cccc3c2oc2ccc(-c4ccc(N(c5ccc6c(c5)oc5ccccc56)c5cccc6c5oc5c(-c7ccccc7)cccc56)cc4)cc23)cc1. The third kappa shape index (κ3) is 5.09. The highest BCUT2D eigenvalue weighted by Gasteiger charge is 2.22. The highest BCUT2D eigenvalue weighted by Crippen LogP contribution is 2.46. The van der Waals surface area contributed by atoms with E-state index in [-0.39, 0.29) is 0 Å². The Morgan fingerprint density at radius 1 is 0.276 bits per heavy atom. The Morgan fingerprint density at radius 2 is 0.828 bits per heavy atom. The van der Waals surface area contributed by atoms with Crippen molar-refractivity contribution in [3.8, 4) is 33.4 Å². The van der Waals surface area contributed by atoms with Crippen LogP contribution in [0, 0.1) is 0 Å². The van der Waals surface area contributed by atoms with E-state index in [1.807, 2.05) is 24.3 Å². The molecular formula is C54H33NO3. The lowest BCUT2D eigenvalue weighted by molar-refractivity contribution is 0.668. The number of furan rings is 3. The summed E-state index contributed by atoms with van der Waals surface area (Å²) in [6.07, 6.45) is 0. The largest absolute Gasteiger partial charge is 0.456 e. The molecule has 0 bridgehead atoms. The lowest BCUT2D eigenvalue weighted by Gasteiger charge is -2.25. The van der Waals surface area contributed by atoms with Gasteiger partial charge in [0, 0.05) is 55.2 Å². The van der Waals surface area contributed by atoms with Crippen molar-refractivity contribution >= 4 is 82.9 Å². The molecule has 58 heavy (non-hydrogen) atoms. The van der Waals surface area contributed by atoms with Crippen LogP contribution in [0.3, 0.4) is 0 Å². The first-order valence-electron chi connectivity index (χ1n) is 19.6. The zero-order valence-electron chi connectivity index (χ0n) is 31.2. The molecule has 0 aliphatic heterocycles. The van der Waals surface area contributed by atoms with E-state index in [1.165, 1.54) is 0 Å². The van der Waals surface area contributed by atoms with Gasteiger partial charge in [0.25, 0.3) is 0 Å². The molecule has 3 heterocycles. The first-order valence-corrected chi connectivity index (χ1v) is 19.6. The number of para-hydroxylation sites is 4. The summed E-state index contributed by atoms with van der Waals surface area (Å²) in [6, 6.07) is 70.1. The van der Waals surface area contributed by atoms with Crippen LogP contribution >= 0.6 is 0 Å². The van der Waals surface area contributed by atoms with Gasteiger partial charge in [0.05, 0.1) is 11.4 Å². The number of nitrogens with zero attached hydrogens (tertiary/aromatic N) is 1. The Bertz CT molecular complexity index is 3500. The van der Waals surface area contributed by atoms with Crippen LogP contribution < -0.4 is 4.90 Å². The van der Waals surface area contributed by atoms with E-state index in [0.29, 0.717) is 0 Å². The predicted octanol–water partition coefficient (Wildman–Crippen LogP) is 15.9. The number of hydrogen-bond acceptors (Lipinski definition) is 4. The minimum atomic E-state index is 0.821. The van der Waals surface area contributed by atoms with E-state index in [9.17, 15) is 0 Å². The maximum Gasteiger partial charge on any atom is 0.159 e. The second kappa shape index (κ2) is 12.9. The van der Waals surface area contributed by atoms with Gasteiger partial charge in [-0.05, 0) is 70.8 Å². The lowest BCUT2D eigenvalue weighted by atomic mass is 10.00. The minimum Gasteiger partial charge on any atom is -0.456 e.